The minimum atomic E-state index is -0.795. The highest BCUT2D eigenvalue weighted by atomic mass is 16.5. The number of amides is 1. The third-order valence-corrected chi connectivity index (χ3v) is 4.16. The summed E-state index contributed by atoms with van der Waals surface area (Å²) in [5, 5.41) is 18.6. The number of hydrogen-bond donors (Lipinski definition) is 3. The molecule has 1 aliphatic carbocycles. The quantitative estimate of drug-likeness (QED) is 0.334. The van der Waals surface area contributed by atoms with Crippen molar-refractivity contribution in [3.05, 3.63) is 18.0 Å². The van der Waals surface area contributed by atoms with E-state index in [1.54, 1.807) is 0 Å². The van der Waals surface area contributed by atoms with E-state index in [1.807, 2.05) is 0 Å². The standard InChI is InChI=1S/C13H20N4O3/c1-2-9-3-6-13(7-4-9,12(14)16-19)15-11(18)10-5-8-20-17-10/h5,8-9,19H,2-4,6-7H2,1H3,(H2,14,16)(H,15,18). The lowest BCUT2D eigenvalue weighted by Gasteiger charge is -2.39. The van der Waals surface area contributed by atoms with E-state index < -0.39 is 5.54 Å². The molecular weight excluding hydrogens is 260 g/mol. The lowest BCUT2D eigenvalue weighted by molar-refractivity contribution is 0.0885. The molecule has 1 saturated carbocycles. The predicted octanol–water partition coefficient (Wildman–Crippen LogP) is 1.49. The van der Waals surface area contributed by atoms with Gasteiger partial charge in [-0.3, -0.25) is 4.79 Å². The molecular formula is C13H20N4O3. The smallest absolute Gasteiger partial charge is 0.274 e. The SMILES string of the molecule is CCC1CCC(NC(=O)c2ccon2)(C(N)=NO)CC1. The predicted molar refractivity (Wildman–Crippen MR) is 72.4 cm³/mol. The molecule has 1 amide bonds. The van der Waals surface area contributed by atoms with Crippen LogP contribution >= 0.6 is 0 Å². The normalized spacial score (nSPS) is 27.2. The molecule has 20 heavy (non-hydrogen) atoms. The number of rotatable bonds is 4. The molecule has 0 atom stereocenters. The van der Waals surface area contributed by atoms with E-state index in [0.29, 0.717) is 18.8 Å². The highest BCUT2D eigenvalue weighted by molar-refractivity contribution is 5.99. The number of amidine groups is 1. The van der Waals surface area contributed by atoms with E-state index in [9.17, 15) is 4.79 Å². The van der Waals surface area contributed by atoms with Crippen LogP contribution < -0.4 is 11.1 Å². The van der Waals surface area contributed by atoms with E-state index in [2.05, 4.69) is 27.1 Å². The molecule has 1 fully saturated rings. The molecule has 0 aromatic carbocycles. The van der Waals surface area contributed by atoms with Crippen molar-refractivity contribution in [2.45, 2.75) is 44.6 Å². The van der Waals surface area contributed by atoms with Crippen LogP contribution in [0.4, 0.5) is 0 Å². The zero-order valence-corrected chi connectivity index (χ0v) is 11.5. The maximum atomic E-state index is 12.1. The van der Waals surface area contributed by atoms with Crippen LogP contribution in [0.25, 0.3) is 0 Å². The van der Waals surface area contributed by atoms with Gasteiger partial charge in [-0.15, -0.1) is 0 Å². The summed E-state index contributed by atoms with van der Waals surface area (Å²) in [5.41, 5.74) is 5.21. The average Bonchev–Trinajstić information content (AvgIpc) is 3.01. The summed E-state index contributed by atoms with van der Waals surface area (Å²) >= 11 is 0. The Balaban J connectivity index is 2.15. The Kier molecular flexibility index (Phi) is 4.26. The monoisotopic (exact) mass is 280 g/mol. The maximum Gasteiger partial charge on any atom is 0.274 e. The Morgan fingerprint density at radius 3 is 2.85 bits per heavy atom. The number of carbonyl (C=O) groups excluding carboxylic acids is 1. The van der Waals surface area contributed by atoms with Crippen LogP contribution in [-0.2, 0) is 0 Å². The second kappa shape index (κ2) is 5.94. The van der Waals surface area contributed by atoms with Crippen molar-refractivity contribution >= 4 is 11.7 Å². The van der Waals surface area contributed by atoms with Gasteiger partial charge >= 0.3 is 0 Å². The summed E-state index contributed by atoms with van der Waals surface area (Å²) in [6.07, 6.45) is 5.62. The van der Waals surface area contributed by atoms with Crippen LogP contribution in [0.15, 0.2) is 22.0 Å². The Hall–Kier alpha value is -2.05. The molecule has 0 spiro atoms. The summed E-state index contributed by atoms with van der Waals surface area (Å²) in [4.78, 5) is 12.1. The molecule has 1 aromatic heterocycles. The summed E-state index contributed by atoms with van der Waals surface area (Å²) in [6.45, 7) is 2.15. The molecule has 0 bridgehead atoms. The van der Waals surface area contributed by atoms with Crippen molar-refractivity contribution in [2.75, 3.05) is 0 Å². The van der Waals surface area contributed by atoms with Gasteiger partial charge in [-0.05, 0) is 31.6 Å². The van der Waals surface area contributed by atoms with E-state index in [1.165, 1.54) is 12.3 Å². The zero-order chi connectivity index (χ0) is 14.6. The Labute approximate surface area is 117 Å². The van der Waals surface area contributed by atoms with Gasteiger partial charge in [-0.2, -0.15) is 0 Å². The van der Waals surface area contributed by atoms with E-state index in [-0.39, 0.29) is 17.4 Å². The molecule has 1 heterocycles. The summed E-state index contributed by atoms with van der Waals surface area (Å²) in [7, 11) is 0. The number of nitrogens with one attached hydrogen (secondary N) is 1. The highest BCUT2D eigenvalue weighted by Crippen LogP contribution is 2.34. The molecule has 0 saturated heterocycles. The summed E-state index contributed by atoms with van der Waals surface area (Å²) < 4.78 is 4.66. The van der Waals surface area contributed by atoms with Crippen LogP contribution in [0.1, 0.15) is 49.5 Å². The highest BCUT2D eigenvalue weighted by Gasteiger charge is 2.40. The fourth-order valence-corrected chi connectivity index (χ4v) is 2.73. The lowest BCUT2D eigenvalue weighted by atomic mass is 9.75. The van der Waals surface area contributed by atoms with Gasteiger partial charge < -0.3 is 20.8 Å². The third kappa shape index (κ3) is 2.76. The molecule has 1 aromatic rings. The first kappa shape index (κ1) is 14.4. The third-order valence-electron chi connectivity index (χ3n) is 4.16. The van der Waals surface area contributed by atoms with Crippen molar-refractivity contribution in [3.8, 4) is 0 Å². The van der Waals surface area contributed by atoms with Crippen molar-refractivity contribution in [1.29, 1.82) is 0 Å². The zero-order valence-electron chi connectivity index (χ0n) is 11.5. The van der Waals surface area contributed by atoms with Crippen LogP contribution in [0.2, 0.25) is 0 Å². The van der Waals surface area contributed by atoms with Crippen molar-refractivity contribution in [1.82, 2.24) is 10.5 Å². The second-order valence-electron chi connectivity index (χ2n) is 5.26. The van der Waals surface area contributed by atoms with Crippen molar-refractivity contribution in [3.63, 3.8) is 0 Å². The van der Waals surface area contributed by atoms with Gasteiger partial charge in [0.1, 0.15) is 11.8 Å². The summed E-state index contributed by atoms with van der Waals surface area (Å²) in [6, 6.07) is 1.48. The minimum Gasteiger partial charge on any atom is -0.409 e. The number of nitrogens with zero attached hydrogens (tertiary/aromatic N) is 2. The first-order valence-corrected chi connectivity index (χ1v) is 6.82. The van der Waals surface area contributed by atoms with Crippen molar-refractivity contribution < 1.29 is 14.5 Å². The van der Waals surface area contributed by atoms with Crippen LogP contribution in [0.3, 0.4) is 0 Å². The van der Waals surface area contributed by atoms with Gasteiger partial charge in [0.15, 0.2) is 11.5 Å². The molecule has 110 valence electrons. The Morgan fingerprint density at radius 2 is 2.35 bits per heavy atom. The van der Waals surface area contributed by atoms with E-state index in [0.717, 1.165) is 19.3 Å². The molecule has 0 radical (unpaired) electrons. The Bertz CT molecular complexity index is 476. The Morgan fingerprint density at radius 1 is 1.65 bits per heavy atom. The van der Waals surface area contributed by atoms with Gasteiger partial charge in [-0.25, -0.2) is 0 Å². The van der Waals surface area contributed by atoms with E-state index >= 15 is 0 Å². The van der Waals surface area contributed by atoms with Crippen LogP contribution in [0, 0.1) is 5.92 Å². The molecule has 1 aliphatic rings. The molecule has 0 aliphatic heterocycles. The molecule has 2 rings (SSSR count). The number of carbonyl (C=O) groups is 1. The van der Waals surface area contributed by atoms with Gasteiger partial charge in [0.05, 0.1) is 0 Å². The van der Waals surface area contributed by atoms with Crippen LogP contribution in [0.5, 0.6) is 0 Å². The first-order valence-electron chi connectivity index (χ1n) is 6.82. The molecule has 4 N–H and O–H groups in total. The number of oxime groups is 1. The molecule has 7 nitrogen and oxygen atoms in total. The maximum absolute atomic E-state index is 12.1. The molecule has 7 heteroatoms. The lowest BCUT2D eigenvalue weighted by Crippen LogP contribution is -2.59. The van der Waals surface area contributed by atoms with Gasteiger partial charge in [0.25, 0.3) is 5.91 Å². The fraction of sp³-hybridized carbons (Fsp3) is 0.615. The van der Waals surface area contributed by atoms with Crippen LogP contribution in [-0.4, -0.2) is 27.6 Å². The number of nitrogens with two attached hydrogens (primary N) is 1. The fourth-order valence-electron chi connectivity index (χ4n) is 2.73. The van der Waals surface area contributed by atoms with E-state index in [4.69, 9.17) is 10.9 Å². The number of hydrogen-bond acceptors (Lipinski definition) is 5. The number of aromatic nitrogens is 1. The van der Waals surface area contributed by atoms with Gasteiger partial charge in [0, 0.05) is 6.07 Å². The average molecular weight is 280 g/mol. The summed E-state index contributed by atoms with van der Waals surface area (Å²) in [5.74, 6) is 0.294. The minimum absolute atomic E-state index is 0.0453. The van der Waals surface area contributed by atoms with Gasteiger partial charge in [-0.1, -0.05) is 23.7 Å². The largest absolute Gasteiger partial charge is 0.409 e. The molecule has 0 unspecified atom stereocenters. The van der Waals surface area contributed by atoms with Gasteiger partial charge in [0.2, 0.25) is 0 Å². The van der Waals surface area contributed by atoms with Crippen molar-refractivity contribution in [2.24, 2.45) is 16.8 Å². The first-order chi connectivity index (χ1) is 9.61. The second-order valence-corrected chi connectivity index (χ2v) is 5.26. The topological polar surface area (TPSA) is 114 Å².